The summed E-state index contributed by atoms with van der Waals surface area (Å²) in [7, 11) is 0. The molecule has 3 nitrogen and oxygen atoms in total. The van der Waals surface area contributed by atoms with E-state index in [9.17, 15) is 4.79 Å². The number of carbonyl (C=O) groups is 1. The minimum Gasteiger partial charge on any atom is -0.320 e. The molecule has 3 aliphatic rings. The van der Waals surface area contributed by atoms with Crippen molar-refractivity contribution in [3.05, 3.63) is 22.4 Å². The summed E-state index contributed by atoms with van der Waals surface area (Å²) in [6.45, 7) is 3.29. The van der Waals surface area contributed by atoms with Gasteiger partial charge in [0.1, 0.15) is 11.7 Å². The van der Waals surface area contributed by atoms with Gasteiger partial charge in [-0.1, -0.05) is 25.8 Å². The standard InChI is InChI=1S/C16H22N2OS/c1-11-4-2-5-12(11)10-18-14(13-6-3-9-20-13)17-16(7-8-16)15(18)19/h3,6,9,11-12,14,17H,2,4-5,7-8,10H2,1H3. The first-order valence-electron chi connectivity index (χ1n) is 7.82. The van der Waals surface area contributed by atoms with E-state index in [1.54, 1.807) is 11.3 Å². The van der Waals surface area contributed by atoms with Crippen LogP contribution in [-0.4, -0.2) is 22.9 Å². The van der Waals surface area contributed by atoms with E-state index < -0.39 is 0 Å². The summed E-state index contributed by atoms with van der Waals surface area (Å²) in [5.74, 6) is 1.81. The smallest absolute Gasteiger partial charge is 0.244 e. The van der Waals surface area contributed by atoms with Crippen LogP contribution in [0.15, 0.2) is 17.5 Å². The van der Waals surface area contributed by atoms with Crippen molar-refractivity contribution in [2.24, 2.45) is 11.8 Å². The zero-order chi connectivity index (χ0) is 13.7. The number of hydrogen-bond acceptors (Lipinski definition) is 3. The number of nitrogens with one attached hydrogen (secondary N) is 1. The first-order chi connectivity index (χ1) is 9.70. The molecule has 1 aromatic rings. The molecule has 1 amide bonds. The first-order valence-corrected chi connectivity index (χ1v) is 8.70. The fourth-order valence-corrected chi connectivity index (χ4v) is 4.67. The lowest BCUT2D eigenvalue weighted by molar-refractivity contribution is -0.131. The van der Waals surface area contributed by atoms with Crippen molar-refractivity contribution in [2.75, 3.05) is 6.54 Å². The average molecular weight is 290 g/mol. The van der Waals surface area contributed by atoms with Crippen molar-refractivity contribution < 1.29 is 4.79 Å². The van der Waals surface area contributed by atoms with Gasteiger partial charge in [-0.3, -0.25) is 10.1 Å². The van der Waals surface area contributed by atoms with Crippen LogP contribution < -0.4 is 5.32 Å². The minimum absolute atomic E-state index is 0.123. The van der Waals surface area contributed by atoms with E-state index >= 15 is 0 Å². The highest BCUT2D eigenvalue weighted by Gasteiger charge is 2.59. The Morgan fingerprint density at radius 3 is 2.90 bits per heavy atom. The van der Waals surface area contributed by atoms with Crippen molar-refractivity contribution in [2.45, 2.75) is 50.7 Å². The molecule has 3 atom stereocenters. The maximum atomic E-state index is 12.8. The summed E-state index contributed by atoms with van der Waals surface area (Å²) < 4.78 is 0. The highest BCUT2D eigenvalue weighted by atomic mass is 32.1. The van der Waals surface area contributed by atoms with Gasteiger partial charge in [0.15, 0.2) is 0 Å². The van der Waals surface area contributed by atoms with Gasteiger partial charge in [0.25, 0.3) is 0 Å². The molecule has 1 aliphatic heterocycles. The van der Waals surface area contributed by atoms with Crippen LogP contribution in [0.4, 0.5) is 0 Å². The Hall–Kier alpha value is -0.870. The second kappa shape index (κ2) is 4.57. The van der Waals surface area contributed by atoms with Crippen LogP contribution in [0, 0.1) is 11.8 Å². The van der Waals surface area contributed by atoms with Gasteiger partial charge in [-0.2, -0.15) is 0 Å². The molecule has 4 rings (SSSR count). The van der Waals surface area contributed by atoms with E-state index in [-0.39, 0.29) is 11.7 Å². The Bertz CT molecular complexity index is 509. The maximum Gasteiger partial charge on any atom is 0.244 e. The zero-order valence-electron chi connectivity index (χ0n) is 12.0. The molecule has 0 aromatic carbocycles. The fourth-order valence-electron chi connectivity index (χ4n) is 3.88. The molecule has 1 spiro atoms. The molecule has 20 heavy (non-hydrogen) atoms. The van der Waals surface area contributed by atoms with Crippen LogP contribution >= 0.6 is 11.3 Å². The van der Waals surface area contributed by atoms with E-state index in [0.717, 1.165) is 25.3 Å². The maximum absolute atomic E-state index is 12.8. The van der Waals surface area contributed by atoms with Gasteiger partial charge in [-0.05, 0) is 42.5 Å². The van der Waals surface area contributed by atoms with Crippen molar-refractivity contribution >= 4 is 17.2 Å². The molecule has 3 fully saturated rings. The quantitative estimate of drug-likeness (QED) is 0.927. The summed E-state index contributed by atoms with van der Waals surface area (Å²) in [6.07, 6.45) is 6.10. The number of nitrogens with zero attached hydrogens (tertiary/aromatic N) is 1. The number of hydrogen-bond donors (Lipinski definition) is 1. The molecule has 0 radical (unpaired) electrons. The molecule has 108 valence electrons. The molecule has 2 saturated carbocycles. The summed E-state index contributed by atoms with van der Waals surface area (Å²) in [6, 6.07) is 4.24. The third kappa shape index (κ3) is 1.92. The molecule has 0 bridgehead atoms. The SMILES string of the molecule is CC1CCCC1CN1C(=O)C2(CC2)NC1c1cccs1. The van der Waals surface area contributed by atoms with E-state index in [1.165, 1.54) is 24.1 Å². The Labute approximate surface area is 124 Å². The Kier molecular flexibility index (Phi) is 2.93. The molecule has 1 N–H and O–H groups in total. The highest BCUT2D eigenvalue weighted by Crippen LogP contribution is 2.47. The number of rotatable bonds is 3. The van der Waals surface area contributed by atoms with Crippen molar-refractivity contribution in [3.63, 3.8) is 0 Å². The second-order valence-electron chi connectivity index (χ2n) is 6.77. The zero-order valence-corrected chi connectivity index (χ0v) is 12.8. The molecule has 3 unspecified atom stereocenters. The molecule has 1 aromatic heterocycles. The van der Waals surface area contributed by atoms with Gasteiger partial charge in [0.05, 0.1) is 0 Å². The molecular weight excluding hydrogens is 268 g/mol. The fraction of sp³-hybridized carbons (Fsp3) is 0.688. The molecular formula is C16H22N2OS. The van der Waals surface area contributed by atoms with Crippen molar-refractivity contribution in [1.82, 2.24) is 10.2 Å². The number of carbonyl (C=O) groups excluding carboxylic acids is 1. The van der Waals surface area contributed by atoms with Crippen molar-refractivity contribution in [1.29, 1.82) is 0 Å². The summed E-state index contributed by atoms with van der Waals surface area (Å²) in [4.78, 5) is 16.2. The summed E-state index contributed by atoms with van der Waals surface area (Å²) in [5.41, 5.74) is -0.198. The molecule has 4 heteroatoms. The Morgan fingerprint density at radius 1 is 1.45 bits per heavy atom. The lowest BCUT2D eigenvalue weighted by atomic mass is 9.97. The van der Waals surface area contributed by atoms with E-state index in [0.29, 0.717) is 11.8 Å². The van der Waals surface area contributed by atoms with Crippen LogP contribution in [-0.2, 0) is 4.79 Å². The highest BCUT2D eigenvalue weighted by molar-refractivity contribution is 7.10. The van der Waals surface area contributed by atoms with Gasteiger partial charge < -0.3 is 4.90 Å². The molecule has 2 heterocycles. The minimum atomic E-state index is -0.198. The summed E-state index contributed by atoms with van der Waals surface area (Å²) in [5, 5.41) is 5.73. The predicted molar refractivity (Wildman–Crippen MR) is 80.4 cm³/mol. The lowest BCUT2D eigenvalue weighted by Crippen LogP contribution is -2.36. The summed E-state index contributed by atoms with van der Waals surface area (Å²) >= 11 is 1.76. The monoisotopic (exact) mass is 290 g/mol. The van der Waals surface area contributed by atoms with Crippen LogP contribution in [0.2, 0.25) is 0 Å². The molecule has 1 saturated heterocycles. The number of amides is 1. The van der Waals surface area contributed by atoms with Crippen LogP contribution in [0.5, 0.6) is 0 Å². The predicted octanol–water partition coefficient (Wildman–Crippen LogP) is 3.15. The van der Waals surface area contributed by atoms with Crippen LogP contribution in [0.3, 0.4) is 0 Å². The van der Waals surface area contributed by atoms with Crippen LogP contribution in [0.1, 0.15) is 50.1 Å². The van der Waals surface area contributed by atoms with Gasteiger partial charge >= 0.3 is 0 Å². The Balaban J connectivity index is 1.59. The van der Waals surface area contributed by atoms with E-state index in [2.05, 4.69) is 34.7 Å². The molecule has 2 aliphatic carbocycles. The normalized spacial score (nSPS) is 35.1. The Morgan fingerprint density at radius 2 is 2.30 bits per heavy atom. The number of thiophene rings is 1. The van der Waals surface area contributed by atoms with Gasteiger partial charge in [0, 0.05) is 11.4 Å². The van der Waals surface area contributed by atoms with Crippen molar-refractivity contribution in [3.8, 4) is 0 Å². The average Bonchev–Trinajstić information content (AvgIpc) is 2.79. The largest absolute Gasteiger partial charge is 0.320 e. The van der Waals surface area contributed by atoms with Gasteiger partial charge in [0.2, 0.25) is 5.91 Å². The third-order valence-electron chi connectivity index (χ3n) is 5.43. The van der Waals surface area contributed by atoms with E-state index in [1.807, 2.05) is 0 Å². The first kappa shape index (κ1) is 12.8. The van der Waals surface area contributed by atoms with E-state index in [4.69, 9.17) is 0 Å². The van der Waals surface area contributed by atoms with Gasteiger partial charge in [-0.25, -0.2) is 0 Å². The lowest BCUT2D eigenvalue weighted by Gasteiger charge is -2.28. The third-order valence-corrected chi connectivity index (χ3v) is 6.35. The van der Waals surface area contributed by atoms with Crippen LogP contribution in [0.25, 0.3) is 0 Å². The van der Waals surface area contributed by atoms with Gasteiger partial charge in [-0.15, -0.1) is 11.3 Å². The topological polar surface area (TPSA) is 32.3 Å². The second-order valence-corrected chi connectivity index (χ2v) is 7.75.